The fraction of sp³-hybridized carbons (Fsp3) is 0.0909. The van der Waals surface area contributed by atoms with Crippen LogP contribution < -0.4 is 10.2 Å². The molecule has 0 aromatic heterocycles. The second-order valence-electron chi connectivity index (χ2n) is 6.08. The van der Waals surface area contributed by atoms with Crippen molar-refractivity contribution in [1.29, 1.82) is 0 Å². The minimum Gasteiger partial charge on any atom is -0.488 e. The third kappa shape index (κ3) is 5.12. The number of hydrogen-bond acceptors (Lipinski definition) is 3. The molecule has 0 bridgehead atoms. The summed E-state index contributed by atoms with van der Waals surface area (Å²) >= 11 is 12.1. The largest absolute Gasteiger partial charge is 0.488 e. The average Bonchev–Trinajstić information content (AvgIpc) is 2.68. The number of rotatable bonds is 6. The minimum absolute atomic E-state index is 0.263. The first-order valence-corrected chi connectivity index (χ1v) is 9.35. The van der Waals surface area contributed by atoms with E-state index in [2.05, 4.69) is 10.5 Å². The Bertz CT molecular complexity index is 1020. The van der Waals surface area contributed by atoms with E-state index in [9.17, 15) is 4.79 Å². The highest BCUT2D eigenvalue weighted by Gasteiger charge is 2.07. The van der Waals surface area contributed by atoms with Crippen molar-refractivity contribution in [1.82, 2.24) is 5.43 Å². The maximum absolute atomic E-state index is 12.2. The van der Waals surface area contributed by atoms with Gasteiger partial charge in [0.25, 0.3) is 5.91 Å². The van der Waals surface area contributed by atoms with Crippen LogP contribution in [0.5, 0.6) is 5.75 Å². The minimum atomic E-state index is -0.263. The van der Waals surface area contributed by atoms with E-state index in [-0.39, 0.29) is 12.5 Å². The summed E-state index contributed by atoms with van der Waals surface area (Å²) in [5, 5.41) is 5.18. The number of aryl methyl sites for hydroxylation is 1. The number of hydrazone groups is 1. The van der Waals surface area contributed by atoms with Crippen LogP contribution in [0, 0.1) is 6.92 Å². The van der Waals surface area contributed by atoms with Gasteiger partial charge in [-0.1, -0.05) is 59.6 Å². The predicted octanol–water partition coefficient (Wildman–Crippen LogP) is 5.64. The zero-order chi connectivity index (χ0) is 19.9. The van der Waals surface area contributed by atoms with E-state index in [0.29, 0.717) is 21.4 Å². The lowest BCUT2D eigenvalue weighted by Crippen LogP contribution is -2.18. The molecule has 0 saturated carbocycles. The number of nitrogens with zero attached hydrogens (tertiary/aromatic N) is 1. The summed E-state index contributed by atoms with van der Waals surface area (Å²) in [4.78, 5) is 12.2. The zero-order valence-corrected chi connectivity index (χ0v) is 16.7. The van der Waals surface area contributed by atoms with Crippen LogP contribution in [0.2, 0.25) is 10.0 Å². The molecule has 6 heteroatoms. The lowest BCUT2D eigenvalue weighted by molar-refractivity contribution is 0.0954. The summed E-state index contributed by atoms with van der Waals surface area (Å²) in [6, 6.07) is 20.0. The molecule has 0 aliphatic carbocycles. The van der Waals surface area contributed by atoms with Gasteiger partial charge in [0.15, 0.2) is 0 Å². The summed E-state index contributed by atoms with van der Waals surface area (Å²) < 4.78 is 5.87. The molecule has 28 heavy (non-hydrogen) atoms. The monoisotopic (exact) mass is 412 g/mol. The van der Waals surface area contributed by atoms with Crippen LogP contribution in [0.1, 0.15) is 27.0 Å². The van der Waals surface area contributed by atoms with Crippen molar-refractivity contribution in [2.24, 2.45) is 5.10 Å². The fourth-order valence-corrected chi connectivity index (χ4v) is 3.02. The first-order valence-electron chi connectivity index (χ1n) is 8.59. The summed E-state index contributed by atoms with van der Waals surface area (Å²) in [5.41, 5.74) is 5.57. The van der Waals surface area contributed by atoms with Gasteiger partial charge in [-0.05, 0) is 42.8 Å². The van der Waals surface area contributed by atoms with Crippen molar-refractivity contribution >= 4 is 35.3 Å². The maximum Gasteiger partial charge on any atom is 0.271 e. The molecule has 0 radical (unpaired) electrons. The van der Waals surface area contributed by atoms with Gasteiger partial charge in [-0.2, -0.15) is 5.10 Å². The summed E-state index contributed by atoms with van der Waals surface area (Å²) in [7, 11) is 0. The van der Waals surface area contributed by atoms with E-state index in [1.54, 1.807) is 24.4 Å². The molecular formula is C22H18Cl2N2O2. The van der Waals surface area contributed by atoms with Crippen LogP contribution >= 0.6 is 23.2 Å². The number of hydrogen-bond donors (Lipinski definition) is 1. The Hall–Kier alpha value is -2.82. The molecule has 0 saturated heterocycles. The molecule has 4 nitrogen and oxygen atoms in total. The topological polar surface area (TPSA) is 50.7 Å². The van der Waals surface area contributed by atoms with Gasteiger partial charge in [0.2, 0.25) is 0 Å². The third-order valence-corrected chi connectivity index (χ3v) is 4.66. The van der Waals surface area contributed by atoms with Gasteiger partial charge in [-0.25, -0.2) is 5.43 Å². The Morgan fingerprint density at radius 3 is 2.61 bits per heavy atom. The Morgan fingerprint density at radius 2 is 1.82 bits per heavy atom. The Kier molecular flexibility index (Phi) is 6.69. The van der Waals surface area contributed by atoms with Gasteiger partial charge in [0.05, 0.1) is 6.21 Å². The number of amides is 1. The Morgan fingerprint density at radius 1 is 1.07 bits per heavy atom. The summed E-state index contributed by atoms with van der Waals surface area (Å²) in [5.74, 6) is 0.364. The standard InChI is InChI=1S/C22H18Cl2N2O2/c1-15-6-2-4-8-19(15)22(27)26-25-13-16-7-3-5-9-21(16)28-14-17-10-11-18(23)12-20(17)24/h2-13H,14H2,1H3,(H,26,27)/b25-13+. The molecule has 1 N–H and O–H groups in total. The number of nitrogens with one attached hydrogen (secondary N) is 1. The van der Waals surface area contributed by atoms with E-state index in [1.807, 2.05) is 55.5 Å². The molecule has 3 rings (SSSR count). The zero-order valence-electron chi connectivity index (χ0n) is 15.2. The van der Waals surface area contributed by atoms with Crippen molar-refractivity contribution in [3.05, 3.63) is 99.0 Å². The van der Waals surface area contributed by atoms with Crippen LogP contribution in [0.4, 0.5) is 0 Å². The van der Waals surface area contributed by atoms with E-state index in [1.165, 1.54) is 0 Å². The lowest BCUT2D eigenvalue weighted by Gasteiger charge is -2.10. The molecule has 0 heterocycles. The summed E-state index contributed by atoms with van der Waals surface area (Å²) in [6.07, 6.45) is 1.55. The molecule has 1 amide bonds. The van der Waals surface area contributed by atoms with Crippen molar-refractivity contribution in [2.75, 3.05) is 0 Å². The van der Waals surface area contributed by atoms with E-state index < -0.39 is 0 Å². The van der Waals surface area contributed by atoms with Gasteiger partial charge < -0.3 is 4.74 Å². The molecule has 0 fully saturated rings. The van der Waals surface area contributed by atoms with Crippen LogP contribution in [-0.2, 0) is 6.61 Å². The van der Waals surface area contributed by atoms with Crippen LogP contribution in [0.3, 0.4) is 0 Å². The van der Waals surface area contributed by atoms with Crippen LogP contribution in [0.15, 0.2) is 71.8 Å². The molecule has 0 unspecified atom stereocenters. The molecule has 0 spiro atoms. The molecule has 0 aliphatic heterocycles. The molecule has 0 aliphatic rings. The number of para-hydroxylation sites is 1. The highest BCUT2D eigenvalue weighted by atomic mass is 35.5. The van der Waals surface area contributed by atoms with Crippen LogP contribution in [-0.4, -0.2) is 12.1 Å². The van der Waals surface area contributed by atoms with E-state index >= 15 is 0 Å². The third-order valence-electron chi connectivity index (χ3n) is 4.08. The smallest absolute Gasteiger partial charge is 0.271 e. The number of benzene rings is 3. The Balaban J connectivity index is 1.67. The van der Waals surface area contributed by atoms with E-state index in [4.69, 9.17) is 27.9 Å². The van der Waals surface area contributed by atoms with Gasteiger partial charge in [0, 0.05) is 26.7 Å². The van der Waals surface area contributed by atoms with Crippen molar-refractivity contribution < 1.29 is 9.53 Å². The number of carbonyl (C=O) groups excluding carboxylic acids is 1. The first-order chi connectivity index (χ1) is 13.5. The van der Waals surface area contributed by atoms with Crippen molar-refractivity contribution in [3.8, 4) is 5.75 Å². The quantitative estimate of drug-likeness (QED) is 0.420. The SMILES string of the molecule is Cc1ccccc1C(=O)N/N=C/c1ccccc1OCc1ccc(Cl)cc1Cl. The number of carbonyl (C=O) groups is 1. The van der Waals surface area contributed by atoms with Gasteiger partial charge in [-0.15, -0.1) is 0 Å². The van der Waals surface area contributed by atoms with Crippen molar-refractivity contribution in [3.63, 3.8) is 0 Å². The molecule has 3 aromatic rings. The van der Waals surface area contributed by atoms with E-state index in [0.717, 1.165) is 16.7 Å². The highest BCUT2D eigenvalue weighted by Crippen LogP contribution is 2.23. The normalized spacial score (nSPS) is 10.8. The number of ether oxygens (including phenoxy) is 1. The molecule has 0 atom stereocenters. The fourth-order valence-electron chi connectivity index (χ4n) is 2.56. The second-order valence-corrected chi connectivity index (χ2v) is 6.92. The molecule has 3 aromatic carbocycles. The average molecular weight is 413 g/mol. The lowest BCUT2D eigenvalue weighted by atomic mass is 10.1. The Labute approximate surface area is 173 Å². The molecule has 142 valence electrons. The highest BCUT2D eigenvalue weighted by molar-refractivity contribution is 6.35. The maximum atomic E-state index is 12.2. The van der Waals surface area contributed by atoms with Gasteiger partial charge >= 0.3 is 0 Å². The number of halogens is 2. The second kappa shape index (κ2) is 9.40. The summed E-state index contributed by atoms with van der Waals surface area (Å²) in [6.45, 7) is 2.17. The van der Waals surface area contributed by atoms with Crippen molar-refractivity contribution in [2.45, 2.75) is 13.5 Å². The van der Waals surface area contributed by atoms with Crippen LogP contribution in [0.25, 0.3) is 0 Å². The van der Waals surface area contributed by atoms with Gasteiger partial charge in [-0.3, -0.25) is 4.79 Å². The molecular weight excluding hydrogens is 395 g/mol. The predicted molar refractivity (Wildman–Crippen MR) is 113 cm³/mol. The van der Waals surface area contributed by atoms with Gasteiger partial charge in [0.1, 0.15) is 12.4 Å². The first kappa shape index (κ1) is 19.9.